The molecule has 3 nitrogen and oxygen atoms in total. The molecular weight excluding hydrogens is 403 g/mol. The zero-order valence-corrected chi connectivity index (χ0v) is 19.5. The quantitative estimate of drug-likeness (QED) is 0.442. The first-order valence-corrected chi connectivity index (χ1v) is 10.8. The molecule has 0 bridgehead atoms. The van der Waals surface area contributed by atoms with Crippen molar-refractivity contribution in [3.05, 3.63) is 94.3 Å². The summed E-state index contributed by atoms with van der Waals surface area (Å²) in [7, 11) is 0. The van der Waals surface area contributed by atoms with E-state index in [0.29, 0.717) is 5.56 Å². The highest BCUT2D eigenvalue weighted by Gasteiger charge is 2.32. The molecule has 4 heteroatoms. The second kappa shape index (κ2) is 8.42. The fourth-order valence-electron chi connectivity index (χ4n) is 3.97. The number of carbonyl (C=O) groups excluding carboxylic acids is 1. The molecule has 3 aromatic rings. The van der Waals surface area contributed by atoms with Crippen molar-refractivity contribution in [2.24, 2.45) is 0 Å². The topological polar surface area (TPSA) is 57.5 Å². The summed E-state index contributed by atoms with van der Waals surface area (Å²) in [6.07, 6.45) is 0. The van der Waals surface area contributed by atoms with Crippen molar-refractivity contribution in [2.75, 3.05) is 0 Å². The van der Waals surface area contributed by atoms with Crippen LogP contribution < -0.4 is 0 Å². The number of halogens is 1. The summed E-state index contributed by atoms with van der Waals surface area (Å²) in [5, 5.41) is 21.4. The van der Waals surface area contributed by atoms with E-state index in [1.54, 1.807) is 0 Å². The number of ketones is 1. The molecular formula is C28H31FO3. The number of phenolic OH excluding ortho intramolecular Hbond substituents is 2. The smallest absolute Gasteiger partial charge is 0.178 e. The van der Waals surface area contributed by atoms with Gasteiger partial charge in [0.05, 0.1) is 11.5 Å². The Morgan fingerprint density at radius 2 is 1.31 bits per heavy atom. The minimum absolute atomic E-state index is 0.0680. The molecule has 0 amide bonds. The van der Waals surface area contributed by atoms with Crippen LogP contribution in [-0.2, 0) is 10.8 Å². The molecule has 0 aromatic heterocycles. The second-order valence-corrected chi connectivity index (χ2v) is 10.3. The third-order valence-electron chi connectivity index (χ3n) is 5.70. The molecule has 0 saturated carbocycles. The van der Waals surface area contributed by atoms with Gasteiger partial charge in [0.25, 0.3) is 0 Å². The highest BCUT2D eigenvalue weighted by atomic mass is 19.1. The van der Waals surface area contributed by atoms with Gasteiger partial charge in [-0.2, -0.15) is 0 Å². The van der Waals surface area contributed by atoms with Crippen molar-refractivity contribution in [3.8, 4) is 11.5 Å². The van der Waals surface area contributed by atoms with Gasteiger partial charge in [-0.1, -0.05) is 84.0 Å². The maximum Gasteiger partial charge on any atom is 0.178 e. The maximum atomic E-state index is 14.0. The number of benzene rings is 3. The van der Waals surface area contributed by atoms with Crippen LogP contribution in [0.25, 0.3) is 0 Å². The van der Waals surface area contributed by atoms with Crippen molar-refractivity contribution < 1.29 is 19.4 Å². The minimum Gasteiger partial charge on any atom is -0.507 e. The van der Waals surface area contributed by atoms with Gasteiger partial charge in [0.1, 0.15) is 17.3 Å². The number of aromatic hydroxyl groups is 2. The van der Waals surface area contributed by atoms with E-state index < -0.39 is 17.5 Å². The van der Waals surface area contributed by atoms with Gasteiger partial charge >= 0.3 is 0 Å². The van der Waals surface area contributed by atoms with Crippen LogP contribution in [0.3, 0.4) is 0 Å². The Bertz CT molecular complexity index is 1100. The number of Topliss-reactive ketones (excluding diaryl/α,β-unsaturated/α-hetero) is 1. The standard InChI is InChI=1S/C28H31FO3/c1-27(2,3)21-14-18(15-22(26(21)32)28(4,5)6)24(17-10-8-7-9-11-17)25(31)20-16-19(29)12-13-23(20)30/h7-16,24,30,32H,1-6H3. The summed E-state index contributed by atoms with van der Waals surface area (Å²) in [5.74, 6) is -1.80. The molecule has 0 saturated heterocycles. The van der Waals surface area contributed by atoms with E-state index in [9.17, 15) is 19.4 Å². The predicted molar refractivity (Wildman–Crippen MR) is 126 cm³/mol. The Kier molecular flexibility index (Phi) is 6.19. The Morgan fingerprint density at radius 3 is 1.81 bits per heavy atom. The van der Waals surface area contributed by atoms with Gasteiger partial charge in [-0.25, -0.2) is 4.39 Å². The Balaban J connectivity index is 2.33. The van der Waals surface area contributed by atoms with Crippen LogP contribution in [0.5, 0.6) is 11.5 Å². The lowest BCUT2D eigenvalue weighted by Gasteiger charge is -2.30. The van der Waals surface area contributed by atoms with Gasteiger partial charge < -0.3 is 10.2 Å². The van der Waals surface area contributed by atoms with E-state index in [2.05, 4.69) is 0 Å². The average Bonchev–Trinajstić information content (AvgIpc) is 2.70. The first-order valence-electron chi connectivity index (χ1n) is 10.8. The molecule has 0 heterocycles. The Labute approximate surface area is 189 Å². The molecule has 2 N–H and O–H groups in total. The zero-order chi connectivity index (χ0) is 23.8. The lowest BCUT2D eigenvalue weighted by atomic mass is 9.75. The maximum absolute atomic E-state index is 14.0. The SMILES string of the molecule is CC(C)(C)c1cc(C(C(=O)c2cc(F)ccc2O)c2ccccc2)cc(C(C)(C)C)c1O. The van der Waals surface area contributed by atoms with Crippen molar-refractivity contribution in [1.29, 1.82) is 0 Å². The van der Waals surface area contributed by atoms with E-state index >= 15 is 0 Å². The van der Waals surface area contributed by atoms with Gasteiger partial charge in [0.15, 0.2) is 5.78 Å². The number of hydrogen-bond donors (Lipinski definition) is 2. The highest BCUT2D eigenvalue weighted by molar-refractivity contribution is 6.05. The van der Waals surface area contributed by atoms with Crippen LogP contribution in [0, 0.1) is 5.82 Å². The van der Waals surface area contributed by atoms with E-state index in [1.807, 2.05) is 84.0 Å². The summed E-state index contributed by atoms with van der Waals surface area (Å²) in [5.41, 5.74) is 2.08. The second-order valence-electron chi connectivity index (χ2n) is 10.3. The molecule has 3 rings (SSSR count). The van der Waals surface area contributed by atoms with E-state index in [0.717, 1.165) is 28.8 Å². The van der Waals surface area contributed by atoms with Crippen LogP contribution in [0.15, 0.2) is 60.7 Å². The highest BCUT2D eigenvalue weighted by Crippen LogP contribution is 2.43. The molecule has 168 valence electrons. The van der Waals surface area contributed by atoms with Crippen molar-refractivity contribution in [2.45, 2.75) is 58.3 Å². The van der Waals surface area contributed by atoms with Gasteiger partial charge in [0, 0.05) is 0 Å². The molecule has 0 aliphatic rings. The van der Waals surface area contributed by atoms with Crippen LogP contribution >= 0.6 is 0 Å². The summed E-state index contributed by atoms with van der Waals surface area (Å²) < 4.78 is 14.0. The average molecular weight is 435 g/mol. The molecule has 0 spiro atoms. The lowest BCUT2D eigenvalue weighted by Crippen LogP contribution is -2.21. The molecule has 0 aliphatic carbocycles. The van der Waals surface area contributed by atoms with E-state index in [1.165, 1.54) is 6.07 Å². The number of phenols is 2. The van der Waals surface area contributed by atoms with E-state index in [4.69, 9.17) is 0 Å². The summed E-state index contributed by atoms with van der Waals surface area (Å²) in [6, 6.07) is 16.4. The van der Waals surface area contributed by atoms with Gasteiger partial charge in [-0.3, -0.25) is 4.79 Å². The van der Waals surface area contributed by atoms with Gasteiger partial charge in [-0.15, -0.1) is 0 Å². The molecule has 32 heavy (non-hydrogen) atoms. The fraction of sp³-hybridized carbons (Fsp3) is 0.321. The fourth-order valence-corrected chi connectivity index (χ4v) is 3.97. The molecule has 1 unspecified atom stereocenters. The molecule has 0 fully saturated rings. The normalized spacial score (nSPS) is 13.1. The number of hydrogen-bond acceptors (Lipinski definition) is 3. The minimum atomic E-state index is -0.772. The van der Waals surface area contributed by atoms with Crippen LogP contribution in [0.2, 0.25) is 0 Å². The molecule has 1 atom stereocenters. The van der Waals surface area contributed by atoms with Crippen LogP contribution in [0.1, 0.15) is 80.1 Å². The first kappa shape index (κ1) is 23.5. The summed E-state index contributed by atoms with van der Waals surface area (Å²) >= 11 is 0. The summed E-state index contributed by atoms with van der Waals surface area (Å²) in [4.78, 5) is 13.7. The third kappa shape index (κ3) is 4.69. The molecule has 3 aromatic carbocycles. The Morgan fingerprint density at radius 1 is 0.781 bits per heavy atom. The third-order valence-corrected chi connectivity index (χ3v) is 5.70. The number of carbonyl (C=O) groups is 1. The first-order chi connectivity index (χ1) is 14.8. The number of rotatable bonds is 4. The van der Waals surface area contributed by atoms with Gasteiger partial charge in [0.2, 0.25) is 0 Å². The van der Waals surface area contributed by atoms with Gasteiger partial charge in [-0.05, 0) is 51.3 Å². The van der Waals surface area contributed by atoms with Crippen molar-refractivity contribution >= 4 is 5.78 Å². The van der Waals surface area contributed by atoms with Crippen molar-refractivity contribution in [1.82, 2.24) is 0 Å². The van der Waals surface area contributed by atoms with Crippen LogP contribution in [-0.4, -0.2) is 16.0 Å². The lowest BCUT2D eigenvalue weighted by molar-refractivity contribution is 0.0970. The zero-order valence-electron chi connectivity index (χ0n) is 19.5. The molecule has 0 radical (unpaired) electrons. The predicted octanol–water partition coefficient (Wildman–Crippen LogP) is 6.85. The van der Waals surface area contributed by atoms with Crippen molar-refractivity contribution in [3.63, 3.8) is 0 Å². The monoisotopic (exact) mass is 434 g/mol. The Hall–Kier alpha value is -3.14. The summed E-state index contributed by atoms with van der Waals surface area (Å²) in [6.45, 7) is 12.1. The largest absolute Gasteiger partial charge is 0.507 e. The van der Waals surface area contributed by atoms with Crippen LogP contribution in [0.4, 0.5) is 4.39 Å². The molecule has 0 aliphatic heterocycles. The van der Waals surface area contributed by atoms with E-state index in [-0.39, 0.29) is 27.9 Å².